The summed E-state index contributed by atoms with van der Waals surface area (Å²) in [4.78, 5) is 0. The van der Waals surface area contributed by atoms with Crippen LogP contribution in [0.15, 0.2) is 0 Å². The molecule has 80 valence electrons. The van der Waals surface area contributed by atoms with E-state index in [-0.39, 0.29) is 0 Å². The average molecular weight is 186 g/mol. The van der Waals surface area contributed by atoms with Crippen LogP contribution in [0.4, 0.5) is 0 Å². The summed E-state index contributed by atoms with van der Waals surface area (Å²) in [5, 5.41) is 9.19. The van der Waals surface area contributed by atoms with Gasteiger partial charge in [0.2, 0.25) is 0 Å². The monoisotopic (exact) mass is 186 g/mol. The van der Waals surface area contributed by atoms with Gasteiger partial charge in [-0.1, -0.05) is 40.5 Å². The molecular weight excluding hydrogens is 160 g/mol. The van der Waals surface area contributed by atoms with Gasteiger partial charge >= 0.3 is 0 Å². The van der Waals surface area contributed by atoms with E-state index >= 15 is 0 Å². The Kier molecular flexibility index (Phi) is 7.35. The van der Waals surface area contributed by atoms with E-state index in [0.29, 0.717) is 18.4 Å². The molecule has 2 unspecified atom stereocenters. The Hall–Kier alpha value is -0.0400. The Bertz CT molecular complexity index is 110. The van der Waals surface area contributed by atoms with Crippen LogP contribution in [0, 0.1) is 17.8 Å². The second kappa shape index (κ2) is 7.37. The van der Waals surface area contributed by atoms with E-state index in [4.69, 9.17) is 0 Å². The standard InChI is InChI=1S/C12H26O/c1-5-6-11(4)8-12(9-13)7-10(2)3/h10-13H,5-9H2,1-4H3. The van der Waals surface area contributed by atoms with Crippen molar-refractivity contribution >= 4 is 0 Å². The molecule has 0 aliphatic carbocycles. The summed E-state index contributed by atoms with van der Waals surface area (Å²) in [5.74, 6) is 2.02. The highest BCUT2D eigenvalue weighted by Crippen LogP contribution is 2.22. The molecule has 0 spiro atoms. The predicted molar refractivity (Wildman–Crippen MR) is 58.7 cm³/mol. The summed E-state index contributed by atoms with van der Waals surface area (Å²) in [6.45, 7) is 9.35. The Morgan fingerprint density at radius 1 is 1.08 bits per heavy atom. The zero-order chi connectivity index (χ0) is 10.3. The van der Waals surface area contributed by atoms with Crippen LogP contribution < -0.4 is 0 Å². The van der Waals surface area contributed by atoms with Crippen LogP contribution in [0.25, 0.3) is 0 Å². The lowest BCUT2D eigenvalue weighted by Gasteiger charge is -2.20. The minimum absolute atomic E-state index is 0.367. The molecule has 0 saturated carbocycles. The molecule has 0 rings (SSSR count). The largest absolute Gasteiger partial charge is 0.396 e. The van der Waals surface area contributed by atoms with Gasteiger partial charge in [0.25, 0.3) is 0 Å². The van der Waals surface area contributed by atoms with Crippen LogP contribution in [0.1, 0.15) is 53.4 Å². The van der Waals surface area contributed by atoms with Gasteiger partial charge in [-0.3, -0.25) is 0 Å². The highest BCUT2D eigenvalue weighted by atomic mass is 16.3. The zero-order valence-electron chi connectivity index (χ0n) is 9.71. The normalized spacial score (nSPS) is 16.2. The summed E-state index contributed by atoms with van der Waals surface area (Å²) in [6.07, 6.45) is 4.93. The first-order valence-corrected chi connectivity index (χ1v) is 5.70. The van der Waals surface area contributed by atoms with E-state index in [2.05, 4.69) is 27.7 Å². The van der Waals surface area contributed by atoms with Gasteiger partial charge in [0.15, 0.2) is 0 Å². The minimum atomic E-state index is 0.367. The molecule has 1 nitrogen and oxygen atoms in total. The number of hydrogen-bond donors (Lipinski definition) is 1. The Labute approximate surface area is 83.5 Å². The molecule has 1 N–H and O–H groups in total. The fraction of sp³-hybridized carbons (Fsp3) is 1.00. The van der Waals surface area contributed by atoms with Crippen molar-refractivity contribution in [1.29, 1.82) is 0 Å². The molecule has 0 aliphatic heterocycles. The molecule has 0 saturated heterocycles. The molecule has 2 atom stereocenters. The lowest BCUT2D eigenvalue weighted by atomic mass is 9.87. The first-order valence-electron chi connectivity index (χ1n) is 5.70. The summed E-state index contributed by atoms with van der Waals surface area (Å²) >= 11 is 0. The van der Waals surface area contributed by atoms with Crippen LogP contribution in [-0.4, -0.2) is 11.7 Å². The highest BCUT2D eigenvalue weighted by Gasteiger charge is 2.13. The Balaban J connectivity index is 3.69. The maximum Gasteiger partial charge on any atom is 0.0459 e. The molecule has 0 aromatic heterocycles. The smallest absolute Gasteiger partial charge is 0.0459 e. The van der Waals surface area contributed by atoms with Gasteiger partial charge in [-0.05, 0) is 30.6 Å². The van der Waals surface area contributed by atoms with Crippen molar-refractivity contribution < 1.29 is 5.11 Å². The highest BCUT2D eigenvalue weighted by molar-refractivity contribution is 4.64. The predicted octanol–water partition coefficient (Wildman–Crippen LogP) is 3.47. The SMILES string of the molecule is CCCC(C)CC(CO)CC(C)C. The quantitative estimate of drug-likeness (QED) is 0.645. The van der Waals surface area contributed by atoms with Gasteiger partial charge in [-0.2, -0.15) is 0 Å². The third-order valence-electron chi connectivity index (χ3n) is 2.58. The first-order chi connectivity index (χ1) is 6.10. The maximum absolute atomic E-state index is 9.19. The fourth-order valence-electron chi connectivity index (χ4n) is 2.09. The van der Waals surface area contributed by atoms with Crippen LogP contribution in [0.3, 0.4) is 0 Å². The van der Waals surface area contributed by atoms with Crippen molar-refractivity contribution in [2.45, 2.75) is 53.4 Å². The van der Waals surface area contributed by atoms with Crippen LogP contribution in [0.2, 0.25) is 0 Å². The van der Waals surface area contributed by atoms with Gasteiger partial charge in [0.1, 0.15) is 0 Å². The second-order valence-electron chi connectivity index (χ2n) is 4.81. The van der Waals surface area contributed by atoms with Crippen molar-refractivity contribution in [3.63, 3.8) is 0 Å². The molecule has 0 amide bonds. The zero-order valence-corrected chi connectivity index (χ0v) is 9.71. The van der Waals surface area contributed by atoms with Crippen LogP contribution >= 0.6 is 0 Å². The third kappa shape index (κ3) is 7.06. The lowest BCUT2D eigenvalue weighted by molar-refractivity contribution is 0.180. The summed E-state index contributed by atoms with van der Waals surface area (Å²) in [5.41, 5.74) is 0. The van der Waals surface area contributed by atoms with E-state index in [0.717, 1.165) is 5.92 Å². The van der Waals surface area contributed by atoms with Crippen molar-refractivity contribution in [3.05, 3.63) is 0 Å². The molecule has 0 heterocycles. The maximum atomic E-state index is 9.19. The van der Waals surface area contributed by atoms with E-state index in [1.54, 1.807) is 0 Å². The van der Waals surface area contributed by atoms with E-state index in [1.165, 1.54) is 25.7 Å². The molecule has 13 heavy (non-hydrogen) atoms. The molecule has 0 bridgehead atoms. The Morgan fingerprint density at radius 2 is 1.69 bits per heavy atom. The van der Waals surface area contributed by atoms with E-state index in [9.17, 15) is 5.11 Å². The lowest BCUT2D eigenvalue weighted by Crippen LogP contribution is -2.13. The summed E-state index contributed by atoms with van der Waals surface area (Å²) < 4.78 is 0. The van der Waals surface area contributed by atoms with Gasteiger partial charge in [0, 0.05) is 6.61 Å². The van der Waals surface area contributed by atoms with Crippen LogP contribution in [0.5, 0.6) is 0 Å². The van der Waals surface area contributed by atoms with Crippen molar-refractivity contribution in [2.75, 3.05) is 6.61 Å². The number of rotatable bonds is 7. The first kappa shape index (κ1) is 13.0. The summed E-state index contributed by atoms with van der Waals surface area (Å²) in [6, 6.07) is 0. The molecule has 1 heteroatoms. The Morgan fingerprint density at radius 3 is 2.08 bits per heavy atom. The van der Waals surface area contributed by atoms with Crippen LogP contribution in [-0.2, 0) is 0 Å². The number of aliphatic hydroxyl groups is 1. The van der Waals surface area contributed by atoms with Crippen molar-refractivity contribution in [3.8, 4) is 0 Å². The second-order valence-corrected chi connectivity index (χ2v) is 4.81. The molecule has 0 aromatic rings. The van der Waals surface area contributed by atoms with Gasteiger partial charge in [-0.15, -0.1) is 0 Å². The molecule has 0 aromatic carbocycles. The summed E-state index contributed by atoms with van der Waals surface area (Å²) in [7, 11) is 0. The molecule has 0 radical (unpaired) electrons. The van der Waals surface area contributed by atoms with Crippen molar-refractivity contribution in [2.24, 2.45) is 17.8 Å². The average Bonchev–Trinajstić information content (AvgIpc) is 2.02. The van der Waals surface area contributed by atoms with Crippen molar-refractivity contribution in [1.82, 2.24) is 0 Å². The fourth-order valence-corrected chi connectivity index (χ4v) is 2.09. The molecular formula is C12H26O. The topological polar surface area (TPSA) is 20.2 Å². The number of aliphatic hydroxyl groups excluding tert-OH is 1. The molecule has 0 fully saturated rings. The van der Waals surface area contributed by atoms with Gasteiger partial charge < -0.3 is 5.11 Å². The van der Waals surface area contributed by atoms with E-state index < -0.39 is 0 Å². The van der Waals surface area contributed by atoms with E-state index in [1.807, 2.05) is 0 Å². The number of hydrogen-bond acceptors (Lipinski definition) is 1. The van der Waals surface area contributed by atoms with Gasteiger partial charge in [-0.25, -0.2) is 0 Å². The minimum Gasteiger partial charge on any atom is -0.396 e. The molecule has 0 aliphatic rings. The third-order valence-corrected chi connectivity index (χ3v) is 2.58. The van der Waals surface area contributed by atoms with Gasteiger partial charge in [0.05, 0.1) is 0 Å².